The highest BCUT2D eigenvalue weighted by Crippen LogP contribution is 2.33. The van der Waals surface area contributed by atoms with E-state index in [4.69, 9.17) is 9.72 Å². The first-order valence-electron chi connectivity index (χ1n) is 11.0. The van der Waals surface area contributed by atoms with Crippen molar-refractivity contribution in [3.63, 3.8) is 0 Å². The van der Waals surface area contributed by atoms with E-state index < -0.39 is 9.84 Å². The van der Waals surface area contributed by atoms with E-state index in [1.807, 2.05) is 49.4 Å². The van der Waals surface area contributed by atoms with Crippen molar-refractivity contribution in [2.24, 2.45) is 0 Å². The van der Waals surface area contributed by atoms with Crippen molar-refractivity contribution in [1.29, 1.82) is 0 Å². The zero-order chi connectivity index (χ0) is 23.9. The summed E-state index contributed by atoms with van der Waals surface area (Å²) in [6.45, 7) is 1.81. The highest BCUT2D eigenvalue weighted by molar-refractivity contribution is 7.91. The van der Waals surface area contributed by atoms with Gasteiger partial charge in [-0.05, 0) is 31.5 Å². The number of nitrogens with zero attached hydrogens (tertiary/aromatic N) is 3. The number of nitrogens with one attached hydrogen (secondary N) is 1. The molecule has 1 aliphatic rings. The summed E-state index contributed by atoms with van der Waals surface area (Å²) in [5.41, 5.74) is 3.55. The number of carbonyl (C=O) groups is 1. The van der Waals surface area contributed by atoms with Crippen LogP contribution in [0.1, 0.15) is 28.5 Å². The Morgan fingerprint density at radius 2 is 1.85 bits per heavy atom. The van der Waals surface area contributed by atoms with Gasteiger partial charge in [-0.3, -0.25) is 4.79 Å². The number of methoxy groups -OCH3 is 1. The predicted molar refractivity (Wildman–Crippen MR) is 131 cm³/mol. The molecule has 174 valence electrons. The summed E-state index contributed by atoms with van der Waals surface area (Å²) in [6, 6.07) is 18.2. The summed E-state index contributed by atoms with van der Waals surface area (Å²) in [4.78, 5) is 18.4. The molecule has 0 radical (unpaired) electrons. The number of carbonyl (C=O) groups excluding carboxylic acids is 1. The molecule has 0 bridgehead atoms. The maximum atomic E-state index is 13.5. The quantitative estimate of drug-likeness (QED) is 0.467. The SMILES string of the molecule is COc1ccccc1NC(=O)c1cc(-c2ccccc2)nc2c1c(C)nn2[C@H]1CCS(=O)(=O)C1. The van der Waals surface area contributed by atoms with Crippen molar-refractivity contribution >= 4 is 32.5 Å². The van der Waals surface area contributed by atoms with E-state index in [-0.39, 0.29) is 23.5 Å². The molecular formula is C25H24N4O4S. The molecule has 8 nitrogen and oxygen atoms in total. The lowest BCUT2D eigenvalue weighted by Crippen LogP contribution is -2.15. The predicted octanol–water partition coefficient (Wildman–Crippen LogP) is 4.03. The van der Waals surface area contributed by atoms with E-state index in [1.165, 1.54) is 0 Å². The largest absolute Gasteiger partial charge is 0.495 e. The number of fused-ring (bicyclic) bond motifs is 1. The van der Waals surface area contributed by atoms with Crippen LogP contribution in [0.3, 0.4) is 0 Å². The molecule has 9 heteroatoms. The molecule has 34 heavy (non-hydrogen) atoms. The van der Waals surface area contributed by atoms with Crippen LogP contribution in [0.25, 0.3) is 22.3 Å². The number of hydrogen-bond donors (Lipinski definition) is 1. The third kappa shape index (κ3) is 4.03. The Kier molecular flexibility index (Phi) is 5.57. The fourth-order valence-electron chi connectivity index (χ4n) is 4.41. The molecule has 1 atom stereocenters. The molecule has 2 aromatic heterocycles. The van der Waals surface area contributed by atoms with Crippen LogP contribution in [-0.2, 0) is 9.84 Å². The lowest BCUT2D eigenvalue weighted by molar-refractivity contribution is 0.102. The Labute approximate surface area is 197 Å². The molecule has 0 unspecified atom stereocenters. The van der Waals surface area contributed by atoms with Crippen molar-refractivity contribution in [2.75, 3.05) is 23.9 Å². The Morgan fingerprint density at radius 1 is 1.12 bits per heavy atom. The van der Waals surface area contributed by atoms with E-state index in [9.17, 15) is 13.2 Å². The van der Waals surface area contributed by atoms with Gasteiger partial charge in [0.1, 0.15) is 5.75 Å². The molecule has 0 spiro atoms. The van der Waals surface area contributed by atoms with E-state index in [0.717, 1.165) is 5.56 Å². The molecule has 4 aromatic rings. The van der Waals surface area contributed by atoms with Crippen molar-refractivity contribution in [2.45, 2.75) is 19.4 Å². The Hall–Kier alpha value is -3.72. The summed E-state index contributed by atoms with van der Waals surface area (Å²) >= 11 is 0. The average Bonchev–Trinajstić information content (AvgIpc) is 3.38. The number of hydrogen-bond acceptors (Lipinski definition) is 6. The van der Waals surface area contributed by atoms with Crippen molar-refractivity contribution < 1.29 is 17.9 Å². The first-order valence-corrected chi connectivity index (χ1v) is 12.8. The first-order chi connectivity index (χ1) is 16.4. The second-order valence-corrected chi connectivity index (χ2v) is 10.6. The standard InChI is InChI=1S/C25H24N4O4S/c1-16-23-19(25(30)27-20-10-6-7-11-22(20)33-2)14-21(17-8-4-3-5-9-17)26-24(23)29(28-16)18-12-13-34(31,32)15-18/h3-11,14,18H,12-13,15H2,1-2H3,(H,27,30)/t18-/m0/s1. The Bertz CT molecular complexity index is 1500. The summed E-state index contributed by atoms with van der Waals surface area (Å²) in [5, 5.41) is 8.19. The molecule has 3 heterocycles. The molecule has 1 aliphatic heterocycles. The number of aryl methyl sites for hydroxylation is 1. The maximum absolute atomic E-state index is 13.5. The van der Waals surface area contributed by atoms with Crippen LogP contribution < -0.4 is 10.1 Å². The molecule has 0 aliphatic carbocycles. The highest BCUT2D eigenvalue weighted by Gasteiger charge is 2.32. The van der Waals surface area contributed by atoms with Gasteiger partial charge in [0.25, 0.3) is 5.91 Å². The second kappa shape index (κ2) is 8.57. The Balaban J connectivity index is 1.68. The normalized spacial score (nSPS) is 17.1. The van der Waals surface area contributed by atoms with E-state index in [2.05, 4.69) is 10.4 Å². The number of sulfone groups is 1. The average molecular weight is 477 g/mol. The van der Waals surface area contributed by atoms with Gasteiger partial charge in [0.15, 0.2) is 15.5 Å². The van der Waals surface area contributed by atoms with Gasteiger partial charge in [0, 0.05) is 5.56 Å². The van der Waals surface area contributed by atoms with Crippen molar-refractivity contribution in [3.8, 4) is 17.0 Å². The minimum atomic E-state index is -3.12. The maximum Gasteiger partial charge on any atom is 0.256 e. The van der Waals surface area contributed by atoms with Crippen LogP contribution in [0.4, 0.5) is 5.69 Å². The molecule has 1 amide bonds. The fraction of sp³-hybridized carbons (Fsp3) is 0.240. The molecule has 0 saturated carbocycles. The second-order valence-electron chi connectivity index (χ2n) is 8.36. The van der Waals surface area contributed by atoms with E-state index in [1.54, 1.807) is 30.0 Å². The van der Waals surface area contributed by atoms with Crippen LogP contribution in [-0.4, -0.2) is 47.7 Å². The zero-order valence-corrected chi connectivity index (χ0v) is 19.7. The van der Waals surface area contributed by atoms with Crippen molar-refractivity contribution in [3.05, 3.63) is 71.9 Å². The minimum Gasteiger partial charge on any atom is -0.495 e. The van der Waals surface area contributed by atoms with Gasteiger partial charge in [0.05, 0.1) is 52.7 Å². The Morgan fingerprint density at radius 3 is 2.56 bits per heavy atom. The van der Waals surface area contributed by atoms with E-state index >= 15 is 0 Å². The number of para-hydroxylation sites is 2. The van der Waals surface area contributed by atoms with Crippen LogP contribution in [0.2, 0.25) is 0 Å². The third-order valence-electron chi connectivity index (χ3n) is 6.06. The molecule has 1 fully saturated rings. The van der Waals surface area contributed by atoms with Gasteiger partial charge < -0.3 is 10.1 Å². The lowest BCUT2D eigenvalue weighted by Gasteiger charge is -2.13. The summed E-state index contributed by atoms with van der Waals surface area (Å²) in [6.07, 6.45) is 0.471. The van der Waals surface area contributed by atoms with Gasteiger partial charge in [-0.25, -0.2) is 18.1 Å². The molecular weight excluding hydrogens is 452 g/mol. The molecule has 2 aromatic carbocycles. The lowest BCUT2D eigenvalue weighted by atomic mass is 10.0. The minimum absolute atomic E-state index is 0.0171. The van der Waals surface area contributed by atoms with Gasteiger partial charge in [-0.1, -0.05) is 42.5 Å². The molecule has 1 saturated heterocycles. The number of aromatic nitrogens is 3. The summed E-state index contributed by atoms with van der Waals surface area (Å²) in [7, 11) is -1.57. The first kappa shape index (κ1) is 22.1. The highest BCUT2D eigenvalue weighted by atomic mass is 32.2. The topological polar surface area (TPSA) is 103 Å². The number of pyridine rings is 1. The molecule has 5 rings (SSSR count). The van der Waals surface area contributed by atoms with Crippen LogP contribution >= 0.6 is 0 Å². The number of amides is 1. The van der Waals surface area contributed by atoms with Gasteiger partial charge in [-0.15, -0.1) is 0 Å². The number of anilines is 1. The number of rotatable bonds is 5. The van der Waals surface area contributed by atoms with Crippen molar-refractivity contribution in [1.82, 2.24) is 14.8 Å². The van der Waals surface area contributed by atoms with Gasteiger partial charge in [0.2, 0.25) is 0 Å². The number of ether oxygens (including phenoxy) is 1. The smallest absolute Gasteiger partial charge is 0.256 e. The summed E-state index contributed by atoms with van der Waals surface area (Å²) < 4.78 is 31.4. The molecule has 1 N–H and O–H groups in total. The zero-order valence-electron chi connectivity index (χ0n) is 18.9. The van der Waals surface area contributed by atoms with Gasteiger partial charge in [-0.2, -0.15) is 5.10 Å². The third-order valence-corrected chi connectivity index (χ3v) is 7.81. The van der Waals surface area contributed by atoms with Crippen LogP contribution in [0.15, 0.2) is 60.7 Å². The van der Waals surface area contributed by atoms with Crippen LogP contribution in [0, 0.1) is 6.92 Å². The monoisotopic (exact) mass is 476 g/mol. The fourth-order valence-corrected chi connectivity index (χ4v) is 6.10. The summed E-state index contributed by atoms with van der Waals surface area (Å²) in [5.74, 6) is 0.365. The number of benzene rings is 2. The van der Waals surface area contributed by atoms with E-state index in [0.29, 0.717) is 45.8 Å². The van der Waals surface area contributed by atoms with Crippen LogP contribution in [0.5, 0.6) is 5.75 Å². The van der Waals surface area contributed by atoms with Gasteiger partial charge >= 0.3 is 0 Å².